The van der Waals surface area contributed by atoms with Crippen molar-refractivity contribution in [1.82, 2.24) is 9.88 Å². The number of carboxylic acid groups (broad SMARTS) is 1. The number of pyridine rings is 1. The second-order valence-corrected chi connectivity index (χ2v) is 5.23. The van der Waals surface area contributed by atoms with Crippen molar-refractivity contribution in [2.75, 3.05) is 32.1 Å². The molecule has 6 heteroatoms. The second kappa shape index (κ2) is 5.90. The summed E-state index contributed by atoms with van der Waals surface area (Å²) >= 11 is 0. The number of likely N-dealkylation sites (tertiary alicyclic amines) is 1. The summed E-state index contributed by atoms with van der Waals surface area (Å²) in [7, 11) is 3.76. The van der Waals surface area contributed by atoms with Crippen LogP contribution in [0.1, 0.15) is 23.2 Å². The smallest absolute Gasteiger partial charge is 0.308 e. The van der Waals surface area contributed by atoms with Crippen LogP contribution in [-0.4, -0.2) is 54.1 Å². The summed E-state index contributed by atoms with van der Waals surface area (Å²) in [4.78, 5) is 31.0. The monoisotopic (exact) mass is 277 g/mol. The van der Waals surface area contributed by atoms with Crippen LogP contribution in [0.4, 0.5) is 5.82 Å². The third-order valence-electron chi connectivity index (χ3n) is 3.51. The summed E-state index contributed by atoms with van der Waals surface area (Å²) in [5, 5.41) is 9.05. The molecule has 0 bridgehead atoms. The molecule has 1 N–H and O–H groups in total. The molecule has 2 heterocycles. The van der Waals surface area contributed by atoms with Gasteiger partial charge in [0.15, 0.2) is 0 Å². The van der Waals surface area contributed by atoms with Gasteiger partial charge in [-0.2, -0.15) is 0 Å². The van der Waals surface area contributed by atoms with E-state index in [0.717, 1.165) is 12.2 Å². The van der Waals surface area contributed by atoms with E-state index in [4.69, 9.17) is 5.11 Å². The van der Waals surface area contributed by atoms with E-state index in [1.807, 2.05) is 19.0 Å². The maximum absolute atomic E-state index is 12.3. The predicted molar refractivity (Wildman–Crippen MR) is 74.8 cm³/mol. The number of amides is 1. The molecule has 0 aliphatic carbocycles. The molecule has 1 fully saturated rings. The van der Waals surface area contributed by atoms with Crippen molar-refractivity contribution < 1.29 is 14.7 Å². The first kappa shape index (κ1) is 14.3. The molecule has 1 unspecified atom stereocenters. The number of nitrogens with zero attached hydrogens (tertiary/aromatic N) is 3. The number of aliphatic carboxylic acids is 1. The van der Waals surface area contributed by atoms with E-state index in [-0.39, 0.29) is 12.5 Å². The van der Waals surface area contributed by atoms with Gasteiger partial charge in [-0.15, -0.1) is 0 Å². The van der Waals surface area contributed by atoms with Crippen LogP contribution in [0.15, 0.2) is 18.3 Å². The van der Waals surface area contributed by atoms with Gasteiger partial charge >= 0.3 is 5.97 Å². The van der Waals surface area contributed by atoms with Crippen molar-refractivity contribution in [2.45, 2.75) is 12.8 Å². The van der Waals surface area contributed by atoms with E-state index < -0.39 is 11.9 Å². The molecule has 2 rings (SSSR count). The fourth-order valence-corrected chi connectivity index (χ4v) is 2.32. The average molecular weight is 277 g/mol. The molecule has 108 valence electrons. The zero-order valence-electron chi connectivity index (χ0n) is 11.7. The van der Waals surface area contributed by atoms with Crippen molar-refractivity contribution in [1.29, 1.82) is 0 Å². The summed E-state index contributed by atoms with van der Waals surface area (Å²) in [6.45, 7) is 0.891. The summed E-state index contributed by atoms with van der Waals surface area (Å²) in [6, 6.07) is 3.51. The van der Waals surface area contributed by atoms with Gasteiger partial charge in [-0.05, 0) is 25.0 Å². The summed E-state index contributed by atoms with van der Waals surface area (Å²) in [5.41, 5.74) is 0.502. The number of anilines is 1. The molecule has 6 nitrogen and oxygen atoms in total. The quantitative estimate of drug-likeness (QED) is 0.895. The number of hydrogen-bond acceptors (Lipinski definition) is 4. The number of rotatable bonds is 3. The van der Waals surface area contributed by atoms with Crippen LogP contribution in [0.3, 0.4) is 0 Å². The number of carbonyl (C=O) groups is 2. The van der Waals surface area contributed by atoms with Crippen LogP contribution in [0.5, 0.6) is 0 Å². The predicted octanol–water partition coefficient (Wildman–Crippen LogP) is 1.08. The molecule has 0 radical (unpaired) electrons. The summed E-state index contributed by atoms with van der Waals surface area (Å²) < 4.78 is 0. The Kier molecular flexibility index (Phi) is 4.22. The highest BCUT2D eigenvalue weighted by Crippen LogP contribution is 2.19. The molecule has 1 aromatic rings. The van der Waals surface area contributed by atoms with E-state index in [1.54, 1.807) is 23.2 Å². The van der Waals surface area contributed by atoms with Crippen molar-refractivity contribution in [3.8, 4) is 0 Å². The minimum atomic E-state index is -0.830. The van der Waals surface area contributed by atoms with Gasteiger partial charge in [0.2, 0.25) is 0 Å². The van der Waals surface area contributed by atoms with Gasteiger partial charge in [0, 0.05) is 33.4 Å². The third-order valence-corrected chi connectivity index (χ3v) is 3.51. The number of carbonyl (C=O) groups excluding carboxylic acids is 1. The third kappa shape index (κ3) is 3.07. The van der Waals surface area contributed by atoms with Crippen LogP contribution in [-0.2, 0) is 4.79 Å². The van der Waals surface area contributed by atoms with Crippen LogP contribution in [0.2, 0.25) is 0 Å². The van der Waals surface area contributed by atoms with Crippen molar-refractivity contribution in [2.24, 2.45) is 5.92 Å². The topological polar surface area (TPSA) is 73.7 Å². The van der Waals surface area contributed by atoms with Crippen LogP contribution in [0, 0.1) is 5.92 Å². The van der Waals surface area contributed by atoms with Gasteiger partial charge in [-0.1, -0.05) is 0 Å². The fourth-order valence-electron chi connectivity index (χ4n) is 2.32. The zero-order chi connectivity index (χ0) is 14.7. The van der Waals surface area contributed by atoms with Crippen molar-refractivity contribution in [3.63, 3.8) is 0 Å². The van der Waals surface area contributed by atoms with E-state index in [1.165, 1.54) is 0 Å². The Morgan fingerprint density at radius 3 is 2.70 bits per heavy atom. The van der Waals surface area contributed by atoms with Crippen molar-refractivity contribution in [3.05, 3.63) is 23.9 Å². The second-order valence-electron chi connectivity index (χ2n) is 5.23. The minimum absolute atomic E-state index is 0.145. The SMILES string of the molecule is CN(C)c1ccc(C(=O)N2CCCC(C(=O)O)C2)cn1. The normalized spacial score (nSPS) is 18.7. The Bertz CT molecular complexity index is 499. The molecular formula is C14H19N3O3. The highest BCUT2D eigenvalue weighted by Gasteiger charge is 2.28. The lowest BCUT2D eigenvalue weighted by atomic mass is 9.98. The minimum Gasteiger partial charge on any atom is -0.481 e. The van der Waals surface area contributed by atoms with Crippen LogP contribution >= 0.6 is 0 Å². The molecule has 0 aromatic carbocycles. The van der Waals surface area contributed by atoms with Gasteiger partial charge < -0.3 is 14.9 Å². The van der Waals surface area contributed by atoms with E-state index >= 15 is 0 Å². The summed E-state index contributed by atoms with van der Waals surface area (Å²) in [5.74, 6) is -0.650. The molecule has 20 heavy (non-hydrogen) atoms. The molecule has 1 atom stereocenters. The van der Waals surface area contributed by atoms with Gasteiger partial charge in [-0.25, -0.2) is 4.98 Å². The highest BCUT2D eigenvalue weighted by molar-refractivity contribution is 5.94. The number of carboxylic acids is 1. The molecule has 0 saturated carbocycles. The van der Waals surface area contributed by atoms with Gasteiger partial charge in [0.1, 0.15) is 5.82 Å². The lowest BCUT2D eigenvalue weighted by Gasteiger charge is -2.30. The van der Waals surface area contributed by atoms with Gasteiger partial charge in [0.05, 0.1) is 11.5 Å². The van der Waals surface area contributed by atoms with E-state index in [0.29, 0.717) is 18.5 Å². The Balaban J connectivity index is 2.08. The number of piperidine rings is 1. The first-order chi connectivity index (χ1) is 9.49. The molecule has 1 aliphatic heterocycles. The lowest BCUT2D eigenvalue weighted by Crippen LogP contribution is -2.42. The molecule has 1 saturated heterocycles. The maximum Gasteiger partial charge on any atom is 0.308 e. The van der Waals surface area contributed by atoms with E-state index in [2.05, 4.69) is 4.98 Å². The Hall–Kier alpha value is -2.11. The van der Waals surface area contributed by atoms with Crippen LogP contribution in [0.25, 0.3) is 0 Å². The first-order valence-electron chi connectivity index (χ1n) is 6.64. The van der Waals surface area contributed by atoms with Gasteiger partial charge in [0.25, 0.3) is 5.91 Å². The summed E-state index contributed by atoms with van der Waals surface area (Å²) in [6.07, 6.45) is 2.91. The maximum atomic E-state index is 12.3. The fraction of sp³-hybridized carbons (Fsp3) is 0.500. The molecular weight excluding hydrogens is 258 g/mol. The molecule has 1 amide bonds. The Morgan fingerprint density at radius 2 is 2.15 bits per heavy atom. The molecule has 1 aliphatic rings. The zero-order valence-corrected chi connectivity index (χ0v) is 11.7. The average Bonchev–Trinajstić information content (AvgIpc) is 2.46. The van der Waals surface area contributed by atoms with Gasteiger partial charge in [-0.3, -0.25) is 9.59 Å². The lowest BCUT2D eigenvalue weighted by molar-refractivity contribution is -0.143. The number of hydrogen-bond donors (Lipinski definition) is 1. The molecule has 0 spiro atoms. The number of aromatic nitrogens is 1. The van der Waals surface area contributed by atoms with Crippen molar-refractivity contribution >= 4 is 17.7 Å². The Labute approximate surface area is 118 Å². The molecule has 1 aromatic heterocycles. The standard InChI is InChI=1S/C14H19N3O3/c1-16(2)12-6-5-10(8-15-12)13(18)17-7-3-4-11(9-17)14(19)20/h5-6,8,11H,3-4,7,9H2,1-2H3,(H,19,20). The van der Waals surface area contributed by atoms with E-state index in [9.17, 15) is 9.59 Å². The highest BCUT2D eigenvalue weighted by atomic mass is 16.4. The Morgan fingerprint density at radius 1 is 1.40 bits per heavy atom. The van der Waals surface area contributed by atoms with Crippen LogP contribution < -0.4 is 4.90 Å². The largest absolute Gasteiger partial charge is 0.481 e. The first-order valence-corrected chi connectivity index (χ1v) is 6.64.